The number of carbonyl (C=O) groups excluding carboxylic acids is 1. The molecule has 0 spiro atoms. The van der Waals surface area contributed by atoms with Gasteiger partial charge in [0.05, 0.1) is 5.69 Å². The maximum absolute atomic E-state index is 12.8. The standard InChI is InChI=1S/C20H20N4O2/c1-24-20(26)17(19(25)22-13-12-21)16(14-8-4-2-5-9-14)18(23-24)15-10-6-3-7-11-15/h2-11H,12-13,21H2,1H3,(H,22,25). The van der Waals surface area contributed by atoms with Crippen LogP contribution in [0.3, 0.4) is 0 Å². The average molecular weight is 348 g/mol. The molecule has 0 aliphatic heterocycles. The normalized spacial score (nSPS) is 10.5. The van der Waals surface area contributed by atoms with Crippen LogP contribution in [0.25, 0.3) is 22.4 Å². The van der Waals surface area contributed by atoms with Crippen molar-refractivity contribution in [2.45, 2.75) is 0 Å². The van der Waals surface area contributed by atoms with Gasteiger partial charge in [-0.05, 0) is 5.56 Å². The summed E-state index contributed by atoms with van der Waals surface area (Å²) in [5.74, 6) is -0.450. The van der Waals surface area contributed by atoms with E-state index in [-0.39, 0.29) is 5.56 Å². The highest BCUT2D eigenvalue weighted by Gasteiger charge is 2.23. The second-order valence-electron chi connectivity index (χ2n) is 5.80. The van der Waals surface area contributed by atoms with Crippen LogP contribution in [-0.4, -0.2) is 28.8 Å². The zero-order valence-electron chi connectivity index (χ0n) is 14.5. The number of aryl methyl sites for hydroxylation is 1. The van der Waals surface area contributed by atoms with Crippen molar-refractivity contribution in [2.24, 2.45) is 12.8 Å². The second-order valence-corrected chi connectivity index (χ2v) is 5.80. The maximum atomic E-state index is 12.8. The third kappa shape index (κ3) is 3.41. The van der Waals surface area contributed by atoms with E-state index in [0.717, 1.165) is 11.1 Å². The van der Waals surface area contributed by atoms with Gasteiger partial charge in [0, 0.05) is 31.3 Å². The highest BCUT2D eigenvalue weighted by molar-refractivity contribution is 6.03. The van der Waals surface area contributed by atoms with E-state index in [0.29, 0.717) is 24.3 Å². The molecule has 0 atom stereocenters. The summed E-state index contributed by atoms with van der Waals surface area (Å²) in [4.78, 5) is 25.5. The van der Waals surface area contributed by atoms with Gasteiger partial charge < -0.3 is 11.1 Å². The van der Waals surface area contributed by atoms with E-state index in [4.69, 9.17) is 5.73 Å². The molecule has 0 unspecified atom stereocenters. The molecular formula is C20H20N4O2. The van der Waals surface area contributed by atoms with Gasteiger partial charge >= 0.3 is 0 Å². The van der Waals surface area contributed by atoms with Crippen molar-refractivity contribution in [3.8, 4) is 22.4 Å². The highest BCUT2D eigenvalue weighted by atomic mass is 16.2. The van der Waals surface area contributed by atoms with E-state index >= 15 is 0 Å². The molecule has 0 aliphatic carbocycles. The lowest BCUT2D eigenvalue weighted by molar-refractivity contribution is 0.0953. The van der Waals surface area contributed by atoms with E-state index in [1.807, 2.05) is 60.7 Å². The maximum Gasteiger partial charge on any atom is 0.280 e. The van der Waals surface area contributed by atoms with Gasteiger partial charge in [0.2, 0.25) is 0 Å². The second kappa shape index (κ2) is 7.76. The van der Waals surface area contributed by atoms with Crippen molar-refractivity contribution < 1.29 is 4.79 Å². The van der Waals surface area contributed by atoms with E-state index < -0.39 is 11.5 Å². The average Bonchev–Trinajstić information content (AvgIpc) is 2.69. The molecule has 0 saturated heterocycles. The number of nitrogens with one attached hydrogen (secondary N) is 1. The van der Waals surface area contributed by atoms with Crippen LogP contribution >= 0.6 is 0 Å². The lowest BCUT2D eigenvalue weighted by atomic mass is 9.95. The molecule has 1 aromatic heterocycles. The molecule has 0 radical (unpaired) electrons. The smallest absolute Gasteiger partial charge is 0.280 e. The Labute approximate surface area is 151 Å². The molecule has 1 amide bonds. The molecule has 6 nitrogen and oxygen atoms in total. The molecule has 0 saturated carbocycles. The van der Waals surface area contributed by atoms with E-state index in [9.17, 15) is 9.59 Å². The van der Waals surface area contributed by atoms with Gasteiger partial charge in [-0.2, -0.15) is 5.10 Å². The first-order valence-corrected chi connectivity index (χ1v) is 8.34. The van der Waals surface area contributed by atoms with Crippen LogP contribution in [-0.2, 0) is 7.05 Å². The zero-order chi connectivity index (χ0) is 18.5. The summed E-state index contributed by atoms with van der Waals surface area (Å²) in [6, 6.07) is 18.8. The third-order valence-corrected chi connectivity index (χ3v) is 4.01. The van der Waals surface area contributed by atoms with Crippen LogP contribution in [0.4, 0.5) is 0 Å². The molecular weight excluding hydrogens is 328 g/mol. The molecule has 1 heterocycles. The number of carbonyl (C=O) groups is 1. The number of nitrogens with zero attached hydrogens (tertiary/aromatic N) is 2. The first kappa shape index (κ1) is 17.6. The Hall–Kier alpha value is -3.25. The van der Waals surface area contributed by atoms with Crippen molar-refractivity contribution in [1.82, 2.24) is 15.1 Å². The Kier molecular flexibility index (Phi) is 5.24. The van der Waals surface area contributed by atoms with E-state index in [1.54, 1.807) is 7.05 Å². The van der Waals surface area contributed by atoms with Crippen molar-refractivity contribution in [3.05, 3.63) is 76.6 Å². The fourth-order valence-corrected chi connectivity index (χ4v) is 2.80. The Balaban J connectivity index is 2.34. The lowest BCUT2D eigenvalue weighted by Crippen LogP contribution is -2.36. The van der Waals surface area contributed by atoms with Crippen LogP contribution in [0, 0.1) is 0 Å². The summed E-state index contributed by atoms with van der Waals surface area (Å²) in [5.41, 5.74) is 7.80. The Bertz CT molecular complexity index is 966. The largest absolute Gasteiger partial charge is 0.351 e. The topological polar surface area (TPSA) is 90.0 Å². The summed E-state index contributed by atoms with van der Waals surface area (Å²) in [5, 5.41) is 7.14. The molecule has 0 aliphatic rings. The molecule has 0 fully saturated rings. The van der Waals surface area contributed by atoms with Crippen molar-refractivity contribution in [2.75, 3.05) is 13.1 Å². The number of hydrogen-bond acceptors (Lipinski definition) is 4. The molecule has 3 aromatic rings. The number of hydrogen-bond donors (Lipinski definition) is 2. The molecule has 0 bridgehead atoms. The summed E-state index contributed by atoms with van der Waals surface area (Å²) < 4.78 is 1.20. The van der Waals surface area contributed by atoms with Gasteiger partial charge in [-0.1, -0.05) is 60.7 Å². The van der Waals surface area contributed by atoms with Gasteiger partial charge in [-0.3, -0.25) is 9.59 Å². The van der Waals surface area contributed by atoms with Crippen molar-refractivity contribution >= 4 is 5.91 Å². The molecule has 6 heteroatoms. The summed E-state index contributed by atoms with van der Waals surface area (Å²) in [6.07, 6.45) is 0. The van der Waals surface area contributed by atoms with Crippen LogP contribution in [0.2, 0.25) is 0 Å². The van der Waals surface area contributed by atoms with Gasteiger partial charge in [0.1, 0.15) is 5.56 Å². The third-order valence-electron chi connectivity index (χ3n) is 4.01. The summed E-state index contributed by atoms with van der Waals surface area (Å²) in [7, 11) is 1.54. The first-order chi connectivity index (χ1) is 12.6. The predicted octanol–water partition coefficient (Wildman–Crippen LogP) is 1.80. The van der Waals surface area contributed by atoms with Crippen molar-refractivity contribution in [3.63, 3.8) is 0 Å². The molecule has 132 valence electrons. The van der Waals surface area contributed by atoms with Crippen LogP contribution in [0.5, 0.6) is 0 Å². The molecule has 26 heavy (non-hydrogen) atoms. The van der Waals surface area contributed by atoms with E-state index in [1.165, 1.54) is 4.68 Å². The Morgan fingerprint density at radius 1 is 1.04 bits per heavy atom. The fraction of sp³-hybridized carbons (Fsp3) is 0.150. The zero-order valence-corrected chi connectivity index (χ0v) is 14.5. The highest BCUT2D eigenvalue weighted by Crippen LogP contribution is 2.31. The van der Waals surface area contributed by atoms with Crippen LogP contribution in [0.15, 0.2) is 65.5 Å². The quantitative estimate of drug-likeness (QED) is 0.736. The molecule has 3 N–H and O–H groups in total. The number of amides is 1. The predicted molar refractivity (Wildman–Crippen MR) is 102 cm³/mol. The fourth-order valence-electron chi connectivity index (χ4n) is 2.80. The molecule has 3 rings (SSSR count). The summed E-state index contributed by atoms with van der Waals surface area (Å²) in [6.45, 7) is 0.586. The van der Waals surface area contributed by atoms with Gasteiger partial charge in [0.25, 0.3) is 11.5 Å². The minimum Gasteiger partial charge on any atom is -0.351 e. The van der Waals surface area contributed by atoms with Crippen LogP contribution in [0.1, 0.15) is 10.4 Å². The Morgan fingerprint density at radius 3 is 2.19 bits per heavy atom. The number of rotatable bonds is 5. The number of nitrogens with two attached hydrogens (primary N) is 1. The molecule has 2 aromatic carbocycles. The monoisotopic (exact) mass is 348 g/mol. The number of benzene rings is 2. The minimum atomic E-state index is -0.450. The Morgan fingerprint density at radius 2 is 1.62 bits per heavy atom. The van der Waals surface area contributed by atoms with Gasteiger partial charge in [-0.15, -0.1) is 0 Å². The summed E-state index contributed by atoms with van der Waals surface area (Å²) >= 11 is 0. The SMILES string of the molecule is Cn1nc(-c2ccccc2)c(-c2ccccc2)c(C(=O)NCCN)c1=O. The number of aromatic nitrogens is 2. The van der Waals surface area contributed by atoms with Crippen molar-refractivity contribution in [1.29, 1.82) is 0 Å². The van der Waals surface area contributed by atoms with Gasteiger partial charge in [-0.25, -0.2) is 4.68 Å². The minimum absolute atomic E-state index is 0.0704. The first-order valence-electron chi connectivity index (χ1n) is 8.34. The van der Waals surface area contributed by atoms with E-state index in [2.05, 4.69) is 10.4 Å². The lowest BCUT2D eigenvalue weighted by Gasteiger charge is -2.15. The van der Waals surface area contributed by atoms with Gasteiger partial charge in [0.15, 0.2) is 0 Å². The van der Waals surface area contributed by atoms with Crippen LogP contribution < -0.4 is 16.6 Å².